The van der Waals surface area contributed by atoms with Crippen LogP contribution in [0.1, 0.15) is 44.3 Å². The second kappa shape index (κ2) is 6.16. The standard InChI is InChI=1S/C17H23N5O3/c23-14(19-12-4-5-13-18-8-9-21(13)10-12)11-22-15(24)17(20-16(22)25)6-2-1-3-7-17/h8-9,12H,1-7,10-11H2,(H,19,23)(H,20,25)/t12-/m1/s1. The van der Waals surface area contributed by atoms with Crippen LogP contribution in [0.2, 0.25) is 0 Å². The largest absolute Gasteiger partial charge is 0.350 e. The molecule has 134 valence electrons. The molecule has 1 saturated heterocycles. The van der Waals surface area contributed by atoms with E-state index in [1.54, 1.807) is 6.20 Å². The van der Waals surface area contributed by atoms with E-state index in [1.165, 1.54) is 0 Å². The van der Waals surface area contributed by atoms with E-state index in [2.05, 4.69) is 15.6 Å². The Bertz CT molecular complexity index is 707. The molecule has 8 heteroatoms. The van der Waals surface area contributed by atoms with Gasteiger partial charge in [-0.05, 0) is 19.3 Å². The number of aromatic nitrogens is 2. The van der Waals surface area contributed by atoms with Crippen molar-refractivity contribution in [1.82, 2.24) is 25.1 Å². The van der Waals surface area contributed by atoms with Crippen molar-refractivity contribution in [1.29, 1.82) is 0 Å². The summed E-state index contributed by atoms with van der Waals surface area (Å²) in [6.07, 6.45) is 9.57. The SMILES string of the molecule is O=C(CN1C(=O)NC2(CCCCC2)C1=O)N[C@@H]1CCc2nccn2C1. The van der Waals surface area contributed by atoms with Crippen molar-refractivity contribution < 1.29 is 14.4 Å². The molecule has 1 aromatic heterocycles. The van der Waals surface area contributed by atoms with Gasteiger partial charge in [-0.2, -0.15) is 0 Å². The van der Waals surface area contributed by atoms with Gasteiger partial charge in [-0.3, -0.25) is 14.5 Å². The first-order valence-electron chi connectivity index (χ1n) is 9.01. The van der Waals surface area contributed by atoms with Crippen molar-refractivity contribution in [2.24, 2.45) is 0 Å². The lowest BCUT2D eigenvalue weighted by atomic mass is 9.82. The number of carbonyl (C=O) groups excluding carboxylic acids is 3. The third-order valence-electron chi connectivity index (χ3n) is 5.56. The number of carbonyl (C=O) groups is 3. The second-order valence-corrected chi connectivity index (χ2v) is 7.26. The quantitative estimate of drug-likeness (QED) is 0.783. The van der Waals surface area contributed by atoms with Crippen molar-refractivity contribution in [3.05, 3.63) is 18.2 Å². The molecule has 1 saturated carbocycles. The van der Waals surface area contributed by atoms with Gasteiger partial charge in [0, 0.05) is 31.4 Å². The highest BCUT2D eigenvalue weighted by Crippen LogP contribution is 2.33. The molecule has 0 aromatic carbocycles. The summed E-state index contributed by atoms with van der Waals surface area (Å²) in [5.41, 5.74) is -0.772. The highest BCUT2D eigenvalue weighted by molar-refractivity contribution is 6.09. The number of urea groups is 1. The molecule has 2 fully saturated rings. The van der Waals surface area contributed by atoms with E-state index in [1.807, 2.05) is 10.8 Å². The number of imide groups is 1. The molecule has 0 bridgehead atoms. The van der Waals surface area contributed by atoms with Gasteiger partial charge in [0.1, 0.15) is 17.9 Å². The zero-order valence-corrected chi connectivity index (χ0v) is 14.2. The summed E-state index contributed by atoms with van der Waals surface area (Å²) in [7, 11) is 0. The molecule has 0 radical (unpaired) electrons. The molecule has 1 atom stereocenters. The van der Waals surface area contributed by atoms with E-state index in [4.69, 9.17) is 0 Å². The van der Waals surface area contributed by atoms with Crippen LogP contribution in [-0.4, -0.2) is 50.4 Å². The lowest BCUT2D eigenvalue weighted by Gasteiger charge is -2.30. The van der Waals surface area contributed by atoms with Gasteiger partial charge in [0.15, 0.2) is 0 Å². The number of hydrogen-bond acceptors (Lipinski definition) is 4. The van der Waals surface area contributed by atoms with Crippen LogP contribution >= 0.6 is 0 Å². The lowest BCUT2D eigenvalue weighted by Crippen LogP contribution is -2.49. The first kappa shape index (κ1) is 16.1. The summed E-state index contributed by atoms with van der Waals surface area (Å²) < 4.78 is 2.03. The van der Waals surface area contributed by atoms with Crippen LogP contribution in [0.15, 0.2) is 12.4 Å². The van der Waals surface area contributed by atoms with Crippen molar-refractivity contribution in [2.75, 3.05) is 6.54 Å². The number of nitrogens with one attached hydrogen (secondary N) is 2. The maximum Gasteiger partial charge on any atom is 0.325 e. The Balaban J connectivity index is 1.36. The first-order chi connectivity index (χ1) is 12.1. The molecule has 2 N–H and O–H groups in total. The van der Waals surface area contributed by atoms with E-state index in [0.717, 1.165) is 42.8 Å². The molecule has 4 rings (SSSR count). The maximum atomic E-state index is 12.7. The minimum Gasteiger partial charge on any atom is -0.350 e. The fraction of sp³-hybridized carbons (Fsp3) is 0.647. The second-order valence-electron chi connectivity index (χ2n) is 7.26. The summed E-state index contributed by atoms with van der Waals surface area (Å²) >= 11 is 0. The van der Waals surface area contributed by atoms with E-state index in [9.17, 15) is 14.4 Å². The first-order valence-corrected chi connectivity index (χ1v) is 9.01. The fourth-order valence-corrected chi connectivity index (χ4v) is 4.22. The normalized spacial score (nSPS) is 25.0. The minimum atomic E-state index is -0.772. The molecular formula is C17H23N5O3. The van der Waals surface area contributed by atoms with Gasteiger partial charge in [0.05, 0.1) is 0 Å². The predicted molar refractivity (Wildman–Crippen MR) is 88.5 cm³/mol. The predicted octanol–water partition coefficient (Wildman–Crippen LogP) is 0.569. The molecule has 1 aromatic rings. The number of hydrogen-bond donors (Lipinski definition) is 2. The van der Waals surface area contributed by atoms with Crippen molar-refractivity contribution >= 4 is 17.8 Å². The Morgan fingerprint density at radius 3 is 2.92 bits per heavy atom. The van der Waals surface area contributed by atoms with Gasteiger partial charge in [-0.1, -0.05) is 19.3 Å². The van der Waals surface area contributed by atoms with E-state index in [0.29, 0.717) is 19.4 Å². The van der Waals surface area contributed by atoms with Gasteiger partial charge in [-0.15, -0.1) is 0 Å². The van der Waals surface area contributed by atoms with Crippen LogP contribution in [0.4, 0.5) is 4.79 Å². The Labute approximate surface area is 146 Å². The van der Waals surface area contributed by atoms with Gasteiger partial charge in [-0.25, -0.2) is 9.78 Å². The highest BCUT2D eigenvalue weighted by Gasteiger charge is 2.51. The van der Waals surface area contributed by atoms with Crippen molar-refractivity contribution in [3.63, 3.8) is 0 Å². The number of aryl methyl sites for hydroxylation is 1. The number of amides is 4. The van der Waals surface area contributed by atoms with Gasteiger partial charge in [0.2, 0.25) is 5.91 Å². The molecule has 1 spiro atoms. The zero-order chi connectivity index (χ0) is 17.4. The smallest absolute Gasteiger partial charge is 0.325 e. The number of fused-ring (bicyclic) bond motifs is 1. The van der Waals surface area contributed by atoms with Gasteiger partial charge < -0.3 is 15.2 Å². The summed E-state index contributed by atoms with van der Waals surface area (Å²) in [5.74, 6) is 0.497. The van der Waals surface area contributed by atoms with Crippen molar-refractivity contribution in [3.8, 4) is 0 Å². The average molecular weight is 345 g/mol. The minimum absolute atomic E-state index is 0.00129. The maximum absolute atomic E-state index is 12.7. The Kier molecular flexibility index (Phi) is 3.97. The van der Waals surface area contributed by atoms with E-state index >= 15 is 0 Å². The third kappa shape index (κ3) is 2.89. The molecule has 2 aliphatic heterocycles. The molecule has 4 amide bonds. The molecule has 3 heterocycles. The summed E-state index contributed by atoms with van der Waals surface area (Å²) in [4.78, 5) is 42.6. The van der Waals surface area contributed by atoms with E-state index in [-0.39, 0.29) is 24.4 Å². The monoisotopic (exact) mass is 345 g/mol. The number of rotatable bonds is 3. The van der Waals surface area contributed by atoms with Crippen LogP contribution in [-0.2, 0) is 22.6 Å². The molecule has 25 heavy (non-hydrogen) atoms. The van der Waals surface area contributed by atoms with Crippen LogP contribution in [0.3, 0.4) is 0 Å². The van der Waals surface area contributed by atoms with Crippen LogP contribution < -0.4 is 10.6 Å². The molecular weight excluding hydrogens is 322 g/mol. The van der Waals surface area contributed by atoms with Crippen LogP contribution in [0.25, 0.3) is 0 Å². The van der Waals surface area contributed by atoms with Crippen LogP contribution in [0.5, 0.6) is 0 Å². The summed E-state index contributed by atoms with van der Waals surface area (Å²) in [6.45, 7) is 0.463. The highest BCUT2D eigenvalue weighted by atomic mass is 16.2. The Morgan fingerprint density at radius 1 is 1.32 bits per heavy atom. The summed E-state index contributed by atoms with van der Waals surface area (Å²) in [5, 5.41) is 5.78. The Morgan fingerprint density at radius 2 is 2.12 bits per heavy atom. The topological polar surface area (TPSA) is 96.3 Å². The number of imidazole rings is 1. The molecule has 8 nitrogen and oxygen atoms in total. The number of nitrogens with zero attached hydrogens (tertiary/aromatic N) is 3. The fourth-order valence-electron chi connectivity index (χ4n) is 4.22. The van der Waals surface area contributed by atoms with Gasteiger partial charge >= 0.3 is 6.03 Å². The zero-order valence-electron chi connectivity index (χ0n) is 14.2. The van der Waals surface area contributed by atoms with Crippen molar-refractivity contribution in [2.45, 2.75) is 63.1 Å². The average Bonchev–Trinajstić information content (AvgIpc) is 3.14. The third-order valence-corrected chi connectivity index (χ3v) is 5.56. The summed E-state index contributed by atoms with van der Waals surface area (Å²) in [6, 6.07) is -0.443. The van der Waals surface area contributed by atoms with Gasteiger partial charge in [0.25, 0.3) is 5.91 Å². The Hall–Kier alpha value is -2.38. The van der Waals surface area contributed by atoms with E-state index < -0.39 is 11.6 Å². The van der Waals surface area contributed by atoms with Crippen LogP contribution in [0, 0.1) is 0 Å². The molecule has 1 aliphatic carbocycles. The molecule has 3 aliphatic rings. The lowest BCUT2D eigenvalue weighted by molar-refractivity contribution is -0.136. The molecule has 0 unspecified atom stereocenters.